The average molecular weight is 620 g/mol. The number of rotatable bonds is 13. The van der Waals surface area contributed by atoms with Gasteiger partial charge in [-0.05, 0) is 67.1 Å². The number of sulfonamides is 1. The van der Waals surface area contributed by atoms with E-state index in [1.807, 2.05) is 44.2 Å². The number of carbonyl (C=O) groups excluding carboxylic acids is 1. The lowest BCUT2D eigenvalue weighted by molar-refractivity contribution is -0.124. The zero-order valence-electron chi connectivity index (χ0n) is 25.1. The van der Waals surface area contributed by atoms with Crippen molar-refractivity contribution in [2.75, 3.05) is 25.4 Å². The van der Waals surface area contributed by atoms with Gasteiger partial charge in [-0.25, -0.2) is 8.42 Å². The Labute approximate surface area is 257 Å². The molecule has 1 heterocycles. The molecule has 2 atom stereocenters. The van der Waals surface area contributed by atoms with Crippen LogP contribution in [0.25, 0.3) is 11.1 Å². The number of aliphatic hydroxyl groups excluding tert-OH is 1. The Morgan fingerprint density at radius 3 is 2.43 bits per heavy atom. The van der Waals surface area contributed by atoms with Crippen LogP contribution in [0, 0.1) is 31.1 Å². The summed E-state index contributed by atoms with van der Waals surface area (Å²) in [7, 11) is -4.09. The second-order valence-electron chi connectivity index (χ2n) is 11.2. The fourth-order valence-electron chi connectivity index (χ4n) is 5.03. The number of nitrogens with zero attached hydrogens (tertiary/aromatic N) is 3. The van der Waals surface area contributed by atoms with Crippen molar-refractivity contribution in [3.63, 3.8) is 0 Å². The number of nitriles is 1. The largest absolute Gasteiger partial charge is 0.483 e. The molecule has 0 unspecified atom stereocenters. The van der Waals surface area contributed by atoms with Crippen LogP contribution in [-0.4, -0.2) is 60.6 Å². The van der Waals surface area contributed by atoms with Crippen LogP contribution in [0.3, 0.4) is 0 Å². The fraction of sp³-hybridized carbons (Fsp3) is 0.344. The van der Waals surface area contributed by atoms with Crippen LogP contribution in [0.15, 0.2) is 70.0 Å². The number of carbonyl (C=O) groups is 1. The summed E-state index contributed by atoms with van der Waals surface area (Å²) < 4.78 is 40.0. The topological polar surface area (TPSA) is 172 Å². The summed E-state index contributed by atoms with van der Waals surface area (Å²) in [6.07, 6.45) is -1.02. The molecule has 232 valence electrons. The number of aromatic nitrogens is 1. The highest BCUT2D eigenvalue weighted by atomic mass is 32.2. The molecule has 11 nitrogen and oxygen atoms in total. The molecule has 0 aliphatic rings. The van der Waals surface area contributed by atoms with Crippen molar-refractivity contribution in [3.8, 4) is 11.8 Å². The maximum Gasteiger partial charge on any atom is 0.292 e. The number of oxazole rings is 1. The van der Waals surface area contributed by atoms with Gasteiger partial charge in [0.2, 0.25) is 10.0 Å². The van der Waals surface area contributed by atoms with Crippen LogP contribution in [0.4, 0.5) is 6.01 Å². The van der Waals surface area contributed by atoms with Crippen LogP contribution in [0.2, 0.25) is 0 Å². The molecule has 3 aromatic carbocycles. The Kier molecular flexibility index (Phi) is 10.3. The van der Waals surface area contributed by atoms with Crippen molar-refractivity contribution >= 4 is 33.0 Å². The van der Waals surface area contributed by atoms with Gasteiger partial charge in [0.1, 0.15) is 11.3 Å². The van der Waals surface area contributed by atoms with E-state index in [-0.39, 0.29) is 48.5 Å². The molecule has 0 fully saturated rings. The van der Waals surface area contributed by atoms with Gasteiger partial charge in [0.05, 0.1) is 28.7 Å². The van der Waals surface area contributed by atoms with Gasteiger partial charge in [-0.1, -0.05) is 44.2 Å². The predicted octanol–water partition coefficient (Wildman–Crippen LogP) is 3.71. The Morgan fingerprint density at radius 1 is 1.11 bits per heavy atom. The first kappa shape index (κ1) is 32.5. The highest BCUT2D eigenvalue weighted by Gasteiger charge is 2.32. The molecule has 0 bridgehead atoms. The van der Waals surface area contributed by atoms with Gasteiger partial charge in [0.25, 0.3) is 11.9 Å². The van der Waals surface area contributed by atoms with Crippen LogP contribution >= 0.6 is 0 Å². The lowest BCUT2D eigenvalue weighted by atomic mass is 10.0. The summed E-state index contributed by atoms with van der Waals surface area (Å²) in [6, 6.07) is 18.1. The van der Waals surface area contributed by atoms with Crippen molar-refractivity contribution in [2.24, 2.45) is 5.92 Å². The lowest BCUT2D eigenvalue weighted by Crippen LogP contribution is -2.52. The molecular formula is C32H37N5O6S. The zero-order valence-corrected chi connectivity index (χ0v) is 26.0. The SMILES string of the molecule is Cc1cc(C#N)cc(C)c1OCC(=O)N[C@@H](Cc1ccccc1)[C@H](O)CN(CC(C)C)S(=O)(=O)c1ccc2nc(N)oc2c1. The Morgan fingerprint density at radius 2 is 1.80 bits per heavy atom. The summed E-state index contributed by atoms with van der Waals surface area (Å²) in [4.78, 5) is 17.1. The second kappa shape index (κ2) is 13.9. The third kappa shape index (κ3) is 7.93. The van der Waals surface area contributed by atoms with E-state index >= 15 is 0 Å². The molecule has 0 radical (unpaired) electrons. The normalized spacial score (nSPS) is 13.1. The molecule has 44 heavy (non-hydrogen) atoms. The van der Waals surface area contributed by atoms with Gasteiger partial charge in [0, 0.05) is 19.2 Å². The van der Waals surface area contributed by atoms with Gasteiger partial charge in [-0.3, -0.25) is 4.79 Å². The monoisotopic (exact) mass is 619 g/mol. The maximum absolute atomic E-state index is 13.8. The highest BCUT2D eigenvalue weighted by Crippen LogP contribution is 2.26. The minimum Gasteiger partial charge on any atom is -0.483 e. The van der Waals surface area contributed by atoms with Gasteiger partial charge >= 0.3 is 0 Å². The number of ether oxygens (including phenoxy) is 1. The van der Waals surface area contributed by atoms with E-state index in [1.54, 1.807) is 26.0 Å². The second-order valence-corrected chi connectivity index (χ2v) is 13.1. The molecule has 0 saturated carbocycles. The fourth-order valence-corrected chi connectivity index (χ4v) is 6.66. The van der Waals surface area contributed by atoms with Crippen LogP contribution < -0.4 is 15.8 Å². The Bertz CT molecular complexity index is 1740. The van der Waals surface area contributed by atoms with E-state index in [0.717, 1.165) is 16.7 Å². The molecule has 0 saturated heterocycles. The molecule has 4 rings (SSSR count). The lowest BCUT2D eigenvalue weighted by Gasteiger charge is -2.30. The Balaban J connectivity index is 1.55. The molecule has 0 aliphatic carbocycles. The molecule has 1 amide bonds. The summed E-state index contributed by atoms with van der Waals surface area (Å²) in [5.74, 6) is -0.0464. The number of aliphatic hydroxyl groups is 1. The number of hydrogen-bond donors (Lipinski definition) is 3. The number of hydrogen-bond acceptors (Lipinski definition) is 9. The molecule has 12 heteroatoms. The number of nitrogens with two attached hydrogens (primary N) is 1. The third-order valence-corrected chi connectivity index (χ3v) is 8.85. The predicted molar refractivity (Wildman–Crippen MR) is 166 cm³/mol. The molecule has 0 aliphatic heterocycles. The van der Waals surface area contributed by atoms with Gasteiger partial charge < -0.3 is 25.3 Å². The molecule has 4 aromatic rings. The standard InChI is InChI=1S/C32H37N5O6S/c1-20(2)17-37(44(40,41)25-10-11-26-29(15-25)43-32(34)36-26)18-28(38)27(14-23-8-6-5-7-9-23)35-30(39)19-42-31-21(3)12-24(16-33)13-22(31)4/h5-13,15,20,27-28,38H,14,17-19H2,1-4H3,(H2,34,36)(H,35,39)/t27-,28+/m0/s1. The summed E-state index contributed by atoms with van der Waals surface area (Å²) >= 11 is 0. The zero-order chi connectivity index (χ0) is 32.0. The Hall–Kier alpha value is -4.44. The summed E-state index contributed by atoms with van der Waals surface area (Å²) in [6.45, 7) is 6.86. The molecule has 1 aromatic heterocycles. The van der Waals surface area contributed by atoms with Gasteiger partial charge in [-0.2, -0.15) is 14.6 Å². The average Bonchev–Trinajstić information content (AvgIpc) is 3.35. The van der Waals surface area contributed by atoms with Crippen molar-refractivity contribution in [3.05, 3.63) is 82.9 Å². The summed E-state index contributed by atoms with van der Waals surface area (Å²) in [5.41, 5.74) is 9.07. The summed E-state index contributed by atoms with van der Waals surface area (Å²) in [5, 5.41) is 23.5. The molecule has 0 spiro atoms. The van der Waals surface area contributed by atoms with E-state index < -0.39 is 28.1 Å². The maximum atomic E-state index is 13.8. The molecule has 4 N–H and O–H groups in total. The van der Waals surface area contributed by atoms with E-state index in [9.17, 15) is 23.6 Å². The van der Waals surface area contributed by atoms with Gasteiger partial charge in [0.15, 0.2) is 12.2 Å². The first-order valence-electron chi connectivity index (χ1n) is 14.2. The smallest absolute Gasteiger partial charge is 0.292 e. The number of anilines is 1. The number of fused-ring (bicyclic) bond motifs is 1. The quantitative estimate of drug-likeness (QED) is 0.202. The number of amides is 1. The first-order chi connectivity index (χ1) is 20.9. The van der Waals surface area contributed by atoms with E-state index in [2.05, 4.69) is 16.4 Å². The highest BCUT2D eigenvalue weighted by molar-refractivity contribution is 7.89. The van der Waals surface area contributed by atoms with E-state index in [0.29, 0.717) is 16.8 Å². The van der Waals surface area contributed by atoms with Crippen LogP contribution in [0.1, 0.15) is 36.1 Å². The molecular weight excluding hydrogens is 582 g/mol. The third-order valence-electron chi connectivity index (χ3n) is 7.02. The van der Waals surface area contributed by atoms with Gasteiger partial charge in [-0.15, -0.1) is 0 Å². The van der Waals surface area contributed by atoms with Crippen LogP contribution in [-0.2, 0) is 21.2 Å². The van der Waals surface area contributed by atoms with Crippen molar-refractivity contribution in [2.45, 2.75) is 51.2 Å². The minimum atomic E-state index is -4.09. The van der Waals surface area contributed by atoms with Crippen LogP contribution in [0.5, 0.6) is 5.75 Å². The van der Waals surface area contributed by atoms with E-state index in [1.165, 1.54) is 22.5 Å². The number of benzene rings is 3. The van der Waals surface area contributed by atoms with E-state index in [4.69, 9.17) is 14.9 Å². The van der Waals surface area contributed by atoms with Crippen molar-refractivity contribution in [1.82, 2.24) is 14.6 Å². The first-order valence-corrected chi connectivity index (χ1v) is 15.6. The van der Waals surface area contributed by atoms with Crippen molar-refractivity contribution in [1.29, 1.82) is 5.26 Å². The minimum absolute atomic E-state index is 0.0285. The number of nitrogens with one attached hydrogen (secondary N) is 1. The number of aryl methyl sites for hydroxylation is 2. The number of nitrogen functional groups attached to an aromatic ring is 1. The van der Waals surface area contributed by atoms with Crippen molar-refractivity contribution < 1.29 is 27.5 Å².